The monoisotopic (exact) mass is 242 g/mol. The molecule has 2 amide bonds. The third-order valence-corrected chi connectivity index (χ3v) is 3.17. The molecule has 0 bridgehead atoms. The van der Waals surface area contributed by atoms with E-state index in [1.165, 1.54) is 12.8 Å². The Kier molecular flexibility index (Phi) is 4.37. The van der Waals surface area contributed by atoms with Gasteiger partial charge in [0, 0.05) is 18.5 Å². The van der Waals surface area contributed by atoms with E-state index < -0.39 is 5.97 Å². The van der Waals surface area contributed by atoms with Crippen molar-refractivity contribution in [3.63, 3.8) is 0 Å². The van der Waals surface area contributed by atoms with Gasteiger partial charge in [0.15, 0.2) is 0 Å². The van der Waals surface area contributed by atoms with Crippen molar-refractivity contribution < 1.29 is 14.7 Å². The summed E-state index contributed by atoms with van der Waals surface area (Å²) >= 11 is 0. The molecule has 0 aliphatic heterocycles. The van der Waals surface area contributed by atoms with Crippen LogP contribution >= 0.6 is 0 Å². The maximum Gasteiger partial charge on any atom is 0.315 e. The van der Waals surface area contributed by atoms with Gasteiger partial charge in [-0.05, 0) is 38.5 Å². The van der Waals surface area contributed by atoms with E-state index in [0.29, 0.717) is 12.5 Å². The lowest BCUT2D eigenvalue weighted by Gasteiger charge is -2.26. The second-order valence-corrected chi connectivity index (χ2v) is 5.53. The maximum absolute atomic E-state index is 11.6. The molecule has 0 saturated heterocycles. The molecule has 1 aliphatic rings. The van der Waals surface area contributed by atoms with E-state index in [1.54, 1.807) is 6.92 Å². The van der Waals surface area contributed by atoms with Gasteiger partial charge in [0.25, 0.3) is 0 Å². The van der Waals surface area contributed by atoms with Gasteiger partial charge in [-0.15, -0.1) is 0 Å². The molecule has 3 N–H and O–H groups in total. The Bertz CT molecular complexity index is 298. The fourth-order valence-corrected chi connectivity index (χ4v) is 1.88. The van der Waals surface area contributed by atoms with Gasteiger partial charge in [-0.1, -0.05) is 6.92 Å². The molecule has 1 fully saturated rings. The summed E-state index contributed by atoms with van der Waals surface area (Å²) in [5.41, 5.74) is -0.167. The fraction of sp³-hybridized carbons (Fsp3) is 0.833. The topological polar surface area (TPSA) is 78.4 Å². The van der Waals surface area contributed by atoms with Crippen molar-refractivity contribution in [3.05, 3.63) is 0 Å². The first-order chi connectivity index (χ1) is 7.81. The Hall–Kier alpha value is -1.26. The van der Waals surface area contributed by atoms with Crippen LogP contribution in [0.15, 0.2) is 0 Å². The summed E-state index contributed by atoms with van der Waals surface area (Å²) in [7, 11) is 0. The van der Waals surface area contributed by atoms with E-state index >= 15 is 0 Å². The van der Waals surface area contributed by atoms with Gasteiger partial charge < -0.3 is 15.7 Å². The zero-order valence-electron chi connectivity index (χ0n) is 10.7. The summed E-state index contributed by atoms with van der Waals surface area (Å²) in [6.45, 7) is 6.23. The number of carboxylic acids is 1. The largest absolute Gasteiger partial charge is 0.481 e. The number of carbonyl (C=O) groups excluding carboxylic acids is 1. The average Bonchev–Trinajstić information content (AvgIpc) is 2.95. The predicted molar refractivity (Wildman–Crippen MR) is 64.8 cm³/mol. The molecule has 1 unspecified atom stereocenters. The molecule has 0 aromatic heterocycles. The zero-order chi connectivity index (χ0) is 13.1. The molecule has 0 aromatic carbocycles. The summed E-state index contributed by atoms with van der Waals surface area (Å²) in [4.78, 5) is 22.1. The van der Waals surface area contributed by atoms with E-state index in [1.807, 2.05) is 13.8 Å². The molecule has 1 atom stereocenters. The van der Waals surface area contributed by atoms with Gasteiger partial charge in [-0.3, -0.25) is 4.79 Å². The number of nitrogens with one attached hydrogen (secondary N) is 2. The Morgan fingerprint density at radius 3 is 2.47 bits per heavy atom. The van der Waals surface area contributed by atoms with E-state index in [2.05, 4.69) is 10.6 Å². The molecule has 0 aromatic rings. The van der Waals surface area contributed by atoms with Gasteiger partial charge in [-0.25, -0.2) is 4.79 Å². The minimum atomic E-state index is -0.835. The standard InChI is InChI=1S/C12H22N2O3/c1-8(6-10(15)16)7-13-11(17)14-12(2,3)9-4-5-9/h8-9H,4-7H2,1-3H3,(H,15,16)(H2,13,14,17). The number of aliphatic carboxylic acids is 1. The van der Waals surface area contributed by atoms with Crippen LogP contribution in [0.25, 0.3) is 0 Å². The first kappa shape index (κ1) is 13.8. The van der Waals surface area contributed by atoms with Crippen LogP contribution in [0.4, 0.5) is 4.79 Å². The van der Waals surface area contributed by atoms with Crippen molar-refractivity contribution in [2.45, 2.75) is 45.6 Å². The van der Waals surface area contributed by atoms with Crippen LogP contribution in [-0.4, -0.2) is 29.2 Å². The van der Waals surface area contributed by atoms with Crippen molar-refractivity contribution in [1.29, 1.82) is 0 Å². The third kappa shape index (κ3) is 5.06. The van der Waals surface area contributed by atoms with Crippen LogP contribution in [0.1, 0.15) is 40.0 Å². The molecule has 1 saturated carbocycles. The number of amides is 2. The lowest BCUT2D eigenvalue weighted by atomic mass is 9.99. The Morgan fingerprint density at radius 2 is 2.00 bits per heavy atom. The van der Waals surface area contributed by atoms with Crippen LogP contribution in [0.3, 0.4) is 0 Å². The van der Waals surface area contributed by atoms with Crippen LogP contribution in [0.5, 0.6) is 0 Å². The van der Waals surface area contributed by atoms with E-state index in [4.69, 9.17) is 5.11 Å². The number of urea groups is 1. The van der Waals surface area contributed by atoms with Crippen LogP contribution in [0.2, 0.25) is 0 Å². The zero-order valence-corrected chi connectivity index (χ0v) is 10.7. The summed E-state index contributed by atoms with van der Waals surface area (Å²) in [6, 6.07) is -0.209. The smallest absolute Gasteiger partial charge is 0.315 e. The van der Waals surface area contributed by atoms with Gasteiger partial charge in [0.2, 0.25) is 0 Å². The van der Waals surface area contributed by atoms with Crippen molar-refractivity contribution in [2.24, 2.45) is 11.8 Å². The molecule has 0 spiro atoms. The molecular weight excluding hydrogens is 220 g/mol. The van der Waals surface area contributed by atoms with Gasteiger partial charge >= 0.3 is 12.0 Å². The Morgan fingerprint density at radius 1 is 1.41 bits per heavy atom. The minimum Gasteiger partial charge on any atom is -0.481 e. The molecule has 1 aliphatic carbocycles. The normalized spacial score (nSPS) is 17.4. The fourth-order valence-electron chi connectivity index (χ4n) is 1.88. The Labute approximate surface area is 102 Å². The van der Waals surface area contributed by atoms with Crippen LogP contribution < -0.4 is 10.6 Å². The van der Waals surface area contributed by atoms with Gasteiger partial charge in [0.05, 0.1) is 0 Å². The molecule has 0 radical (unpaired) electrons. The van der Waals surface area contributed by atoms with Crippen molar-refractivity contribution >= 4 is 12.0 Å². The highest BCUT2D eigenvalue weighted by atomic mass is 16.4. The molecule has 5 heteroatoms. The maximum atomic E-state index is 11.6. The SMILES string of the molecule is CC(CNC(=O)NC(C)(C)C1CC1)CC(=O)O. The second kappa shape index (κ2) is 5.38. The lowest BCUT2D eigenvalue weighted by Crippen LogP contribution is -2.50. The molecule has 5 nitrogen and oxygen atoms in total. The van der Waals surface area contributed by atoms with Crippen LogP contribution in [0, 0.1) is 11.8 Å². The van der Waals surface area contributed by atoms with Crippen molar-refractivity contribution in [2.75, 3.05) is 6.54 Å². The average molecular weight is 242 g/mol. The minimum absolute atomic E-state index is 0.0534. The highest BCUT2D eigenvalue weighted by molar-refractivity contribution is 5.75. The number of rotatable bonds is 6. The van der Waals surface area contributed by atoms with Gasteiger partial charge in [0.1, 0.15) is 0 Å². The molecule has 1 rings (SSSR count). The van der Waals surface area contributed by atoms with Crippen molar-refractivity contribution in [1.82, 2.24) is 10.6 Å². The molecule has 0 heterocycles. The third-order valence-electron chi connectivity index (χ3n) is 3.17. The van der Waals surface area contributed by atoms with E-state index in [9.17, 15) is 9.59 Å². The molecule has 98 valence electrons. The summed E-state index contributed by atoms with van der Waals surface area (Å²) in [5, 5.41) is 14.2. The lowest BCUT2D eigenvalue weighted by molar-refractivity contribution is -0.137. The van der Waals surface area contributed by atoms with Gasteiger partial charge in [-0.2, -0.15) is 0 Å². The summed E-state index contributed by atoms with van der Waals surface area (Å²) in [5.74, 6) is -0.315. The summed E-state index contributed by atoms with van der Waals surface area (Å²) in [6.07, 6.45) is 2.41. The highest BCUT2D eigenvalue weighted by Gasteiger charge is 2.38. The highest BCUT2D eigenvalue weighted by Crippen LogP contribution is 2.39. The van der Waals surface area contributed by atoms with Crippen molar-refractivity contribution in [3.8, 4) is 0 Å². The predicted octanol–water partition coefficient (Wildman–Crippen LogP) is 1.58. The summed E-state index contributed by atoms with van der Waals surface area (Å²) < 4.78 is 0. The number of carboxylic acid groups (broad SMARTS) is 1. The van der Waals surface area contributed by atoms with E-state index in [0.717, 1.165) is 0 Å². The first-order valence-corrected chi connectivity index (χ1v) is 6.09. The quantitative estimate of drug-likeness (QED) is 0.661. The van der Waals surface area contributed by atoms with Crippen LogP contribution in [-0.2, 0) is 4.79 Å². The number of hydrogen-bond donors (Lipinski definition) is 3. The second-order valence-electron chi connectivity index (χ2n) is 5.53. The first-order valence-electron chi connectivity index (χ1n) is 6.09. The number of hydrogen-bond acceptors (Lipinski definition) is 2. The van der Waals surface area contributed by atoms with E-state index in [-0.39, 0.29) is 23.9 Å². The number of carbonyl (C=O) groups is 2. The molecule has 17 heavy (non-hydrogen) atoms. The molecular formula is C12H22N2O3. The Balaban J connectivity index is 2.22.